The summed E-state index contributed by atoms with van der Waals surface area (Å²) in [6, 6.07) is 18.3. The monoisotopic (exact) mass is 584 g/mol. The van der Waals surface area contributed by atoms with Gasteiger partial charge in [0.1, 0.15) is 17.2 Å². The minimum Gasteiger partial charge on any atom is -0.497 e. The number of carbonyl (C=O) groups is 2. The quantitative estimate of drug-likeness (QED) is 0.329. The molecule has 0 spiro atoms. The van der Waals surface area contributed by atoms with Crippen LogP contribution in [0.25, 0.3) is 0 Å². The van der Waals surface area contributed by atoms with Crippen molar-refractivity contribution in [3.8, 4) is 28.7 Å². The van der Waals surface area contributed by atoms with Gasteiger partial charge in [-0.25, -0.2) is 0 Å². The molecule has 1 aliphatic carbocycles. The normalized spacial score (nSPS) is 18.0. The van der Waals surface area contributed by atoms with E-state index in [0.29, 0.717) is 63.3 Å². The van der Waals surface area contributed by atoms with E-state index >= 15 is 0 Å². The molecule has 3 aromatic carbocycles. The van der Waals surface area contributed by atoms with Gasteiger partial charge in [0.05, 0.1) is 47.2 Å². The minimum absolute atomic E-state index is 0.0569. The van der Waals surface area contributed by atoms with Crippen molar-refractivity contribution in [2.45, 2.75) is 31.6 Å². The fraction of sp³-hybridized carbons (Fsp3) is 0.294. The third kappa shape index (κ3) is 5.62. The van der Waals surface area contributed by atoms with Gasteiger partial charge >= 0.3 is 0 Å². The van der Waals surface area contributed by atoms with Crippen LogP contribution in [0.5, 0.6) is 28.7 Å². The molecule has 9 nitrogen and oxygen atoms in total. The second-order valence-electron chi connectivity index (χ2n) is 10.4. The largest absolute Gasteiger partial charge is 0.497 e. The summed E-state index contributed by atoms with van der Waals surface area (Å²) < 4.78 is 27.7. The molecule has 0 fully saturated rings. The number of nitrogens with one attached hydrogen (secondary N) is 2. The maximum absolute atomic E-state index is 14.2. The summed E-state index contributed by atoms with van der Waals surface area (Å²) in [7, 11) is 7.88. The molecule has 0 saturated heterocycles. The Balaban J connectivity index is 1.61. The SMILES string of the molecule is COc1ccc(OC)c([C@@H]2C(C(=O)Nc3ccccc3OC)=C(C)NC3=C2C(=O)C[C@@H](c2ccc(OC)c(OC)c2)C3)c1. The van der Waals surface area contributed by atoms with E-state index in [9.17, 15) is 9.59 Å². The van der Waals surface area contributed by atoms with Gasteiger partial charge in [-0.3, -0.25) is 9.59 Å². The molecule has 0 unspecified atom stereocenters. The number of amides is 1. The van der Waals surface area contributed by atoms with Crippen LogP contribution in [-0.2, 0) is 9.59 Å². The summed E-state index contributed by atoms with van der Waals surface area (Å²) >= 11 is 0. The Morgan fingerprint density at radius 2 is 1.49 bits per heavy atom. The molecule has 2 N–H and O–H groups in total. The number of dihydropyridines is 1. The molecule has 224 valence electrons. The number of benzene rings is 3. The minimum atomic E-state index is -0.699. The lowest BCUT2D eigenvalue weighted by Crippen LogP contribution is -2.37. The molecule has 0 radical (unpaired) electrons. The highest BCUT2D eigenvalue weighted by molar-refractivity contribution is 6.10. The molecule has 0 bridgehead atoms. The molecule has 2 atom stereocenters. The van der Waals surface area contributed by atoms with E-state index in [1.165, 1.54) is 0 Å². The van der Waals surface area contributed by atoms with Crippen LogP contribution in [0.15, 0.2) is 83.2 Å². The third-order valence-electron chi connectivity index (χ3n) is 8.05. The predicted molar refractivity (Wildman–Crippen MR) is 163 cm³/mol. The summed E-state index contributed by atoms with van der Waals surface area (Å²) in [5, 5.41) is 6.43. The van der Waals surface area contributed by atoms with E-state index in [1.807, 2.05) is 43.3 Å². The Hall–Kier alpha value is -4.92. The predicted octanol–water partition coefficient (Wildman–Crippen LogP) is 5.73. The Morgan fingerprint density at radius 1 is 0.791 bits per heavy atom. The van der Waals surface area contributed by atoms with Crippen LogP contribution in [0.2, 0.25) is 0 Å². The number of rotatable bonds is 9. The Labute approximate surface area is 251 Å². The van der Waals surface area contributed by atoms with Crippen molar-refractivity contribution < 1.29 is 33.3 Å². The number of para-hydroxylation sites is 2. The lowest BCUT2D eigenvalue weighted by molar-refractivity contribution is -0.116. The first kappa shape index (κ1) is 29.6. The van der Waals surface area contributed by atoms with Gasteiger partial charge < -0.3 is 34.3 Å². The number of hydrogen-bond donors (Lipinski definition) is 2. The van der Waals surface area contributed by atoms with E-state index in [2.05, 4.69) is 10.6 Å². The molecule has 0 saturated carbocycles. The number of carbonyl (C=O) groups excluding carboxylic acids is 2. The van der Waals surface area contributed by atoms with E-state index < -0.39 is 5.92 Å². The van der Waals surface area contributed by atoms with Crippen LogP contribution in [0.1, 0.15) is 42.7 Å². The van der Waals surface area contributed by atoms with Crippen molar-refractivity contribution in [1.29, 1.82) is 0 Å². The third-order valence-corrected chi connectivity index (χ3v) is 8.05. The Kier molecular flexibility index (Phi) is 8.61. The summed E-state index contributed by atoms with van der Waals surface area (Å²) in [6.07, 6.45) is 0.831. The van der Waals surface area contributed by atoms with E-state index in [4.69, 9.17) is 23.7 Å². The lowest BCUT2D eigenvalue weighted by atomic mass is 9.71. The molecule has 43 heavy (non-hydrogen) atoms. The zero-order chi connectivity index (χ0) is 30.7. The van der Waals surface area contributed by atoms with Crippen LogP contribution < -0.4 is 34.3 Å². The van der Waals surface area contributed by atoms with E-state index in [1.54, 1.807) is 59.8 Å². The highest BCUT2D eigenvalue weighted by atomic mass is 16.5. The number of ether oxygens (including phenoxy) is 5. The molecule has 1 aliphatic heterocycles. The molecule has 9 heteroatoms. The summed E-state index contributed by atoms with van der Waals surface area (Å²) in [5.74, 6) is 1.69. The van der Waals surface area contributed by atoms with Crippen molar-refractivity contribution in [3.05, 3.63) is 94.3 Å². The molecule has 3 aromatic rings. The highest BCUT2D eigenvalue weighted by Crippen LogP contribution is 2.49. The molecular formula is C34H36N2O7. The van der Waals surface area contributed by atoms with Gasteiger partial charge in [-0.15, -0.1) is 0 Å². The van der Waals surface area contributed by atoms with Gasteiger partial charge in [0.2, 0.25) is 0 Å². The number of hydrogen-bond acceptors (Lipinski definition) is 8. The topological polar surface area (TPSA) is 104 Å². The maximum Gasteiger partial charge on any atom is 0.254 e. The van der Waals surface area contributed by atoms with Crippen molar-refractivity contribution in [3.63, 3.8) is 0 Å². The Morgan fingerprint density at radius 3 is 2.19 bits per heavy atom. The fourth-order valence-corrected chi connectivity index (χ4v) is 6.00. The standard InChI is InChI=1S/C34H36N2O7/c1-19-31(34(38)36-24-9-7-8-10-28(24)41-4)32(23-18-22(39-2)12-14-27(23)40-3)33-25(35-19)15-21(16-26(33)37)20-11-13-29(42-5)30(17-20)43-6/h7-14,17-18,21,32,35H,15-16H2,1-6H3,(H,36,38)/t21-,32+/m0/s1. The second kappa shape index (κ2) is 12.5. The van der Waals surface area contributed by atoms with Crippen LogP contribution >= 0.6 is 0 Å². The van der Waals surface area contributed by atoms with Crippen molar-refractivity contribution in [2.75, 3.05) is 40.9 Å². The summed E-state index contributed by atoms with van der Waals surface area (Å²) in [6.45, 7) is 1.85. The van der Waals surface area contributed by atoms with Crippen LogP contribution in [0.4, 0.5) is 5.69 Å². The highest BCUT2D eigenvalue weighted by Gasteiger charge is 2.42. The van der Waals surface area contributed by atoms with Gasteiger partial charge in [0, 0.05) is 34.5 Å². The van der Waals surface area contributed by atoms with Gasteiger partial charge in [-0.2, -0.15) is 0 Å². The van der Waals surface area contributed by atoms with Crippen LogP contribution in [0.3, 0.4) is 0 Å². The first-order chi connectivity index (χ1) is 20.8. The van der Waals surface area contributed by atoms with Gasteiger partial charge in [0.25, 0.3) is 5.91 Å². The molecule has 5 rings (SSSR count). The zero-order valence-electron chi connectivity index (χ0n) is 25.2. The second-order valence-corrected chi connectivity index (χ2v) is 10.4. The summed E-state index contributed by atoms with van der Waals surface area (Å²) in [4.78, 5) is 28.2. The van der Waals surface area contributed by atoms with Crippen molar-refractivity contribution in [2.24, 2.45) is 0 Å². The van der Waals surface area contributed by atoms with E-state index in [-0.39, 0.29) is 24.0 Å². The molecule has 1 amide bonds. The Bertz CT molecular complexity index is 1620. The van der Waals surface area contributed by atoms with Crippen LogP contribution in [-0.4, -0.2) is 47.2 Å². The first-order valence-electron chi connectivity index (χ1n) is 14.0. The van der Waals surface area contributed by atoms with Gasteiger partial charge in [0.15, 0.2) is 17.3 Å². The number of Topliss-reactive ketones (excluding diaryl/α,β-unsaturated/α-hetero) is 1. The van der Waals surface area contributed by atoms with E-state index in [0.717, 1.165) is 11.3 Å². The molecule has 2 aliphatic rings. The zero-order valence-corrected chi connectivity index (χ0v) is 25.2. The molecule has 1 heterocycles. The van der Waals surface area contributed by atoms with Gasteiger partial charge in [-0.1, -0.05) is 18.2 Å². The first-order valence-corrected chi connectivity index (χ1v) is 14.0. The van der Waals surface area contributed by atoms with Gasteiger partial charge in [-0.05, 0) is 67.3 Å². The lowest BCUT2D eigenvalue weighted by Gasteiger charge is -2.37. The summed E-state index contributed by atoms with van der Waals surface area (Å²) in [5.41, 5.74) is 4.52. The number of anilines is 1. The average molecular weight is 585 g/mol. The van der Waals surface area contributed by atoms with Crippen molar-refractivity contribution in [1.82, 2.24) is 5.32 Å². The maximum atomic E-state index is 14.2. The smallest absolute Gasteiger partial charge is 0.254 e. The average Bonchev–Trinajstić information content (AvgIpc) is 3.03. The fourth-order valence-electron chi connectivity index (χ4n) is 6.00. The number of allylic oxidation sites excluding steroid dienone is 3. The number of ketones is 1. The number of methoxy groups -OCH3 is 5. The van der Waals surface area contributed by atoms with Crippen molar-refractivity contribution >= 4 is 17.4 Å². The molecular weight excluding hydrogens is 548 g/mol. The van der Waals surface area contributed by atoms with Crippen LogP contribution in [0, 0.1) is 0 Å². The molecule has 0 aromatic heterocycles.